The third kappa shape index (κ3) is 2.69. The van der Waals surface area contributed by atoms with Crippen LogP contribution in [0.1, 0.15) is 23.3 Å². The van der Waals surface area contributed by atoms with E-state index in [1.165, 1.54) is 0 Å². The van der Waals surface area contributed by atoms with E-state index in [0.717, 1.165) is 42.9 Å². The number of hydrogen-bond acceptors (Lipinski definition) is 3. The lowest BCUT2D eigenvalue weighted by Crippen LogP contribution is -2.28. The van der Waals surface area contributed by atoms with Crippen LogP contribution >= 0.6 is 0 Å². The third-order valence-electron chi connectivity index (χ3n) is 4.28. The third-order valence-corrected chi connectivity index (χ3v) is 4.28. The Hall–Kier alpha value is -2.95. The second-order valence-electron chi connectivity index (χ2n) is 5.90. The molecule has 1 saturated heterocycles. The van der Waals surface area contributed by atoms with Gasteiger partial charge in [-0.1, -0.05) is 18.2 Å². The Kier molecular flexibility index (Phi) is 3.83. The summed E-state index contributed by atoms with van der Waals surface area (Å²) in [5.74, 6) is 0.00678. The summed E-state index contributed by atoms with van der Waals surface area (Å²) in [6.07, 6.45) is 5.67. The van der Waals surface area contributed by atoms with Crippen molar-refractivity contribution in [1.29, 1.82) is 0 Å². The molecule has 0 radical (unpaired) electrons. The van der Waals surface area contributed by atoms with Crippen molar-refractivity contribution in [3.63, 3.8) is 0 Å². The minimum absolute atomic E-state index is 0.00678. The molecule has 0 atom stereocenters. The number of pyridine rings is 1. The first-order valence-corrected chi connectivity index (χ1v) is 8.18. The van der Waals surface area contributed by atoms with Crippen LogP contribution in [0.4, 0.5) is 0 Å². The van der Waals surface area contributed by atoms with E-state index in [-0.39, 0.29) is 5.91 Å². The van der Waals surface area contributed by atoms with Gasteiger partial charge in [-0.15, -0.1) is 0 Å². The summed E-state index contributed by atoms with van der Waals surface area (Å²) >= 11 is 0. The fourth-order valence-electron chi connectivity index (χ4n) is 3.05. The fraction of sp³-hybridized carbons (Fsp3) is 0.211. The first-order valence-electron chi connectivity index (χ1n) is 8.18. The highest BCUT2D eigenvalue weighted by molar-refractivity contribution is 5.93. The maximum Gasteiger partial charge on any atom is 0.274 e. The number of aromatic nitrogens is 3. The first kappa shape index (κ1) is 14.6. The number of para-hydroxylation sites is 1. The van der Waals surface area contributed by atoms with Crippen molar-refractivity contribution in [2.75, 3.05) is 13.1 Å². The smallest absolute Gasteiger partial charge is 0.274 e. The van der Waals surface area contributed by atoms with E-state index in [0.29, 0.717) is 5.69 Å². The number of nitrogens with zero attached hydrogens (tertiary/aromatic N) is 4. The molecule has 3 aromatic rings. The molecule has 2 aromatic heterocycles. The molecule has 1 amide bonds. The molecular formula is C19H18N4O. The number of carbonyl (C=O) groups excluding carboxylic acids is 1. The van der Waals surface area contributed by atoms with Crippen LogP contribution in [-0.2, 0) is 0 Å². The molecule has 0 bridgehead atoms. The molecule has 5 heteroatoms. The highest BCUT2D eigenvalue weighted by atomic mass is 16.2. The molecule has 0 saturated carbocycles. The van der Waals surface area contributed by atoms with Crippen molar-refractivity contribution in [2.45, 2.75) is 12.8 Å². The van der Waals surface area contributed by atoms with Crippen LogP contribution < -0.4 is 0 Å². The molecule has 0 aliphatic carbocycles. The van der Waals surface area contributed by atoms with E-state index >= 15 is 0 Å². The van der Waals surface area contributed by atoms with Crippen LogP contribution in [0.15, 0.2) is 60.9 Å². The first-order chi connectivity index (χ1) is 11.8. The summed E-state index contributed by atoms with van der Waals surface area (Å²) in [5, 5.41) is 4.60. The molecule has 1 aliphatic rings. The second-order valence-corrected chi connectivity index (χ2v) is 5.90. The van der Waals surface area contributed by atoms with E-state index in [1.807, 2.05) is 58.1 Å². The van der Waals surface area contributed by atoms with Gasteiger partial charge in [0, 0.05) is 31.0 Å². The topological polar surface area (TPSA) is 51.0 Å². The molecule has 1 fully saturated rings. The number of benzene rings is 1. The van der Waals surface area contributed by atoms with Crippen LogP contribution in [0.5, 0.6) is 0 Å². The van der Waals surface area contributed by atoms with Gasteiger partial charge in [0.1, 0.15) is 0 Å². The van der Waals surface area contributed by atoms with Gasteiger partial charge in [0.15, 0.2) is 5.69 Å². The van der Waals surface area contributed by atoms with E-state index in [4.69, 9.17) is 0 Å². The highest BCUT2D eigenvalue weighted by Crippen LogP contribution is 2.24. The Balaban J connectivity index is 1.80. The number of likely N-dealkylation sites (tertiary alicyclic amines) is 1. The van der Waals surface area contributed by atoms with Crippen molar-refractivity contribution in [3.05, 3.63) is 66.6 Å². The zero-order valence-electron chi connectivity index (χ0n) is 13.3. The molecular weight excluding hydrogens is 300 g/mol. The fourth-order valence-corrected chi connectivity index (χ4v) is 3.05. The standard InChI is InChI=1S/C19H18N4O/c24-19(22-11-4-5-12-22)17-13-18(15-7-6-10-20-14-15)23(21-17)16-8-2-1-3-9-16/h1-3,6-10,13-14H,4-5,11-12H2. The van der Waals surface area contributed by atoms with Gasteiger partial charge in [-0.3, -0.25) is 9.78 Å². The predicted molar refractivity (Wildman–Crippen MR) is 91.9 cm³/mol. The maximum absolute atomic E-state index is 12.7. The molecule has 24 heavy (non-hydrogen) atoms. The Morgan fingerprint density at radius 3 is 2.50 bits per heavy atom. The van der Waals surface area contributed by atoms with Crippen molar-refractivity contribution < 1.29 is 4.79 Å². The summed E-state index contributed by atoms with van der Waals surface area (Å²) in [6.45, 7) is 1.64. The molecule has 0 N–H and O–H groups in total. The second kappa shape index (κ2) is 6.28. The van der Waals surface area contributed by atoms with Gasteiger partial charge in [-0.05, 0) is 43.2 Å². The summed E-state index contributed by atoms with van der Waals surface area (Å²) in [7, 11) is 0. The number of carbonyl (C=O) groups is 1. The number of hydrogen-bond donors (Lipinski definition) is 0. The van der Waals surface area contributed by atoms with Crippen LogP contribution in [0.25, 0.3) is 16.9 Å². The molecule has 120 valence electrons. The number of amides is 1. The molecule has 1 aromatic carbocycles. The van der Waals surface area contributed by atoms with Gasteiger partial charge in [0.2, 0.25) is 0 Å². The van der Waals surface area contributed by atoms with E-state index in [9.17, 15) is 4.79 Å². The normalized spacial score (nSPS) is 14.1. The van der Waals surface area contributed by atoms with Gasteiger partial charge >= 0.3 is 0 Å². The zero-order valence-corrected chi connectivity index (χ0v) is 13.3. The summed E-state index contributed by atoms with van der Waals surface area (Å²) in [5.41, 5.74) is 3.22. The average molecular weight is 318 g/mol. The van der Waals surface area contributed by atoms with Crippen molar-refractivity contribution in [1.82, 2.24) is 19.7 Å². The Morgan fingerprint density at radius 2 is 1.79 bits per heavy atom. The van der Waals surface area contributed by atoms with Gasteiger partial charge in [-0.2, -0.15) is 5.10 Å². The molecule has 5 nitrogen and oxygen atoms in total. The Morgan fingerprint density at radius 1 is 1.00 bits per heavy atom. The SMILES string of the molecule is O=C(c1cc(-c2cccnc2)n(-c2ccccc2)n1)N1CCCC1. The van der Waals surface area contributed by atoms with E-state index in [2.05, 4.69) is 10.1 Å². The summed E-state index contributed by atoms with van der Waals surface area (Å²) < 4.78 is 1.82. The largest absolute Gasteiger partial charge is 0.337 e. The minimum atomic E-state index is 0.00678. The zero-order chi connectivity index (χ0) is 16.4. The average Bonchev–Trinajstić information content (AvgIpc) is 3.33. The monoisotopic (exact) mass is 318 g/mol. The minimum Gasteiger partial charge on any atom is -0.337 e. The van der Waals surface area contributed by atoms with Crippen LogP contribution in [-0.4, -0.2) is 38.7 Å². The maximum atomic E-state index is 12.7. The molecule has 4 rings (SSSR count). The molecule has 0 unspecified atom stereocenters. The van der Waals surface area contributed by atoms with E-state index in [1.54, 1.807) is 12.4 Å². The van der Waals surface area contributed by atoms with E-state index < -0.39 is 0 Å². The quantitative estimate of drug-likeness (QED) is 0.745. The number of rotatable bonds is 3. The van der Waals surface area contributed by atoms with Crippen molar-refractivity contribution in [2.24, 2.45) is 0 Å². The molecule has 3 heterocycles. The predicted octanol–water partition coefficient (Wildman–Crippen LogP) is 3.17. The van der Waals surface area contributed by atoms with Crippen LogP contribution in [0.3, 0.4) is 0 Å². The van der Waals surface area contributed by atoms with Gasteiger partial charge < -0.3 is 4.90 Å². The van der Waals surface area contributed by atoms with Gasteiger partial charge in [0.05, 0.1) is 11.4 Å². The lowest BCUT2D eigenvalue weighted by molar-refractivity contribution is 0.0786. The van der Waals surface area contributed by atoms with Crippen LogP contribution in [0, 0.1) is 0 Å². The lowest BCUT2D eigenvalue weighted by atomic mass is 10.2. The molecule has 0 spiro atoms. The van der Waals surface area contributed by atoms with Crippen molar-refractivity contribution in [3.8, 4) is 16.9 Å². The lowest BCUT2D eigenvalue weighted by Gasteiger charge is -2.12. The summed E-state index contributed by atoms with van der Waals surface area (Å²) in [6, 6.07) is 15.6. The van der Waals surface area contributed by atoms with Crippen molar-refractivity contribution >= 4 is 5.91 Å². The molecule has 1 aliphatic heterocycles. The van der Waals surface area contributed by atoms with Gasteiger partial charge in [-0.25, -0.2) is 4.68 Å². The van der Waals surface area contributed by atoms with Gasteiger partial charge in [0.25, 0.3) is 5.91 Å². The summed E-state index contributed by atoms with van der Waals surface area (Å²) in [4.78, 5) is 18.8. The highest BCUT2D eigenvalue weighted by Gasteiger charge is 2.23. The van der Waals surface area contributed by atoms with Crippen LogP contribution in [0.2, 0.25) is 0 Å². The Bertz CT molecular complexity index is 779. The Labute approximate surface area is 140 Å².